The van der Waals surface area contributed by atoms with Gasteiger partial charge in [0, 0.05) is 24.7 Å². The molecule has 1 saturated carbocycles. The van der Waals surface area contributed by atoms with Gasteiger partial charge in [0.15, 0.2) is 0 Å². The number of carbonyl (C=O) groups is 1. The second-order valence-electron chi connectivity index (χ2n) is 7.63. The number of hydrogen-bond donors (Lipinski definition) is 2. The van der Waals surface area contributed by atoms with Gasteiger partial charge in [-0.2, -0.15) is 4.31 Å². The smallest absolute Gasteiger partial charge is 0.251 e. The lowest BCUT2D eigenvalue weighted by molar-refractivity contribution is 0.0903. The summed E-state index contributed by atoms with van der Waals surface area (Å²) in [5.41, 5.74) is 6.03. The molecule has 7 heteroatoms. The molecule has 0 spiro atoms. The third-order valence-electron chi connectivity index (χ3n) is 5.80. The van der Waals surface area contributed by atoms with Gasteiger partial charge >= 0.3 is 0 Å². The molecule has 1 atom stereocenters. The molecule has 144 valence electrons. The molecular weight excluding hydrogens is 350 g/mol. The van der Waals surface area contributed by atoms with Crippen LogP contribution in [0.4, 0.5) is 0 Å². The van der Waals surface area contributed by atoms with Gasteiger partial charge in [-0.05, 0) is 56.9 Å². The Kier molecular flexibility index (Phi) is 5.69. The normalized spacial score (nSPS) is 23.7. The van der Waals surface area contributed by atoms with Crippen molar-refractivity contribution in [1.82, 2.24) is 9.62 Å². The molecule has 1 aliphatic carbocycles. The van der Waals surface area contributed by atoms with Crippen molar-refractivity contribution in [3.8, 4) is 0 Å². The van der Waals surface area contributed by atoms with Crippen LogP contribution in [0, 0.1) is 0 Å². The maximum atomic E-state index is 12.9. The van der Waals surface area contributed by atoms with Crippen molar-refractivity contribution in [3.63, 3.8) is 0 Å². The summed E-state index contributed by atoms with van der Waals surface area (Å²) < 4.78 is 27.3. The highest BCUT2D eigenvalue weighted by atomic mass is 32.2. The van der Waals surface area contributed by atoms with Crippen LogP contribution in [0.3, 0.4) is 0 Å². The number of nitrogens with two attached hydrogens (primary N) is 1. The number of hydrogen-bond acceptors (Lipinski definition) is 4. The fraction of sp³-hybridized carbons (Fsp3) is 0.632. The van der Waals surface area contributed by atoms with E-state index in [1.165, 1.54) is 12.1 Å². The third-order valence-corrected chi connectivity index (χ3v) is 7.82. The lowest BCUT2D eigenvalue weighted by atomic mass is 9.97. The Labute approximate surface area is 156 Å². The summed E-state index contributed by atoms with van der Waals surface area (Å²) in [5, 5.41) is 3.06. The molecule has 1 aromatic carbocycles. The molecule has 1 aromatic rings. The maximum Gasteiger partial charge on any atom is 0.251 e. The molecule has 1 saturated heterocycles. The average Bonchev–Trinajstić information content (AvgIpc) is 3.11. The number of sulfonamides is 1. The van der Waals surface area contributed by atoms with Gasteiger partial charge in [0.25, 0.3) is 5.91 Å². The first kappa shape index (κ1) is 19.3. The highest BCUT2D eigenvalue weighted by Gasteiger charge is 2.34. The van der Waals surface area contributed by atoms with E-state index in [-0.39, 0.29) is 22.4 Å². The van der Waals surface area contributed by atoms with Gasteiger partial charge in [-0.15, -0.1) is 0 Å². The predicted octanol–water partition coefficient (Wildman–Crippen LogP) is 2.25. The Bertz CT molecular complexity index is 740. The minimum absolute atomic E-state index is 0.0171. The van der Waals surface area contributed by atoms with E-state index in [9.17, 15) is 13.2 Å². The highest BCUT2D eigenvalue weighted by Crippen LogP contribution is 2.29. The van der Waals surface area contributed by atoms with Gasteiger partial charge in [0.05, 0.1) is 10.4 Å². The van der Waals surface area contributed by atoms with E-state index >= 15 is 0 Å². The standard InChI is InChI=1S/C19H29N3O3S/c1-15-6-2-5-13-22(15)26(24,25)17-9-7-16(8-10-17)18(23)21-19(14-20)11-3-4-12-19/h7-10,15H,2-6,11-14,20H2,1H3,(H,21,23). The molecule has 3 N–H and O–H groups in total. The summed E-state index contributed by atoms with van der Waals surface area (Å²) >= 11 is 0. The maximum absolute atomic E-state index is 12.9. The van der Waals surface area contributed by atoms with Crippen molar-refractivity contribution < 1.29 is 13.2 Å². The first-order valence-electron chi connectivity index (χ1n) is 9.52. The van der Waals surface area contributed by atoms with Crippen molar-refractivity contribution >= 4 is 15.9 Å². The lowest BCUT2D eigenvalue weighted by Crippen LogP contribution is -2.51. The largest absolute Gasteiger partial charge is 0.345 e. The van der Waals surface area contributed by atoms with E-state index in [0.717, 1.165) is 44.9 Å². The van der Waals surface area contributed by atoms with Gasteiger partial charge in [-0.3, -0.25) is 4.79 Å². The van der Waals surface area contributed by atoms with E-state index in [1.807, 2.05) is 6.92 Å². The Morgan fingerprint density at radius 1 is 1.19 bits per heavy atom. The number of benzene rings is 1. The molecule has 1 aliphatic heterocycles. The molecule has 1 amide bonds. The Morgan fingerprint density at radius 3 is 2.42 bits per heavy atom. The number of rotatable bonds is 5. The first-order chi connectivity index (χ1) is 12.4. The number of piperidine rings is 1. The van der Waals surface area contributed by atoms with Crippen LogP contribution in [0.15, 0.2) is 29.2 Å². The molecule has 0 bridgehead atoms. The molecule has 0 aromatic heterocycles. The fourth-order valence-corrected chi connectivity index (χ4v) is 5.79. The summed E-state index contributed by atoms with van der Waals surface area (Å²) in [7, 11) is -3.51. The second-order valence-corrected chi connectivity index (χ2v) is 9.52. The van der Waals surface area contributed by atoms with E-state index in [4.69, 9.17) is 5.73 Å². The third kappa shape index (κ3) is 3.80. The van der Waals surface area contributed by atoms with Crippen LogP contribution in [0.1, 0.15) is 62.2 Å². The Balaban J connectivity index is 1.74. The van der Waals surface area contributed by atoms with Gasteiger partial charge in [-0.25, -0.2) is 8.42 Å². The van der Waals surface area contributed by atoms with E-state index in [2.05, 4.69) is 5.32 Å². The van der Waals surface area contributed by atoms with Crippen molar-refractivity contribution in [3.05, 3.63) is 29.8 Å². The topological polar surface area (TPSA) is 92.5 Å². The zero-order valence-corrected chi connectivity index (χ0v) is 16.2. The average molecular weight is 380 g/mol. The molecule has 0 radical (unpaired) electrons. The van der Waals surface area contributed by atoms with E-state index < -0.39 is 10.0 Å². The molecular formula is C19H29N3O3S. The van der Waals surface area contributed by atoms with Crippen LogP contribution < -0.4 is 11.1 Å². The summed E-state index contributed by atoms with van der Waals surface area (Å²) in [4.78, 5) is 12.8. The van der Waals surface area contributed by atoms with Gasteiger partial charge in [-0.1, -0.05) is 19.3 Å². The fourth-order valence-electron chi connectivity index (χ4n) is 4.09. The van der Waals surface area contributed by atoms with Crippen LogP contribution >= 0.6 is 0 Å². The minimum atomic E-state index is -3.51. The quantitative estimate of drug-likeness (QED) is 0.821. The second kappa shape index (κ2) is 7.66. The lowest BCUT2D eigenvalue weighted by Gasteiger charge is -2.32. The molecule has 1 heterocycles. The van der Waals surface area contributed by atoms with Crippen LogP contribution in [-0.4, -0.2) is 43.3 Å². The number of amides is 1. The summed E-state index contributed by atoms with van der Waals surface area (Å²) in [6, 6.07) is 6.28. The zero-order chi connectivity index (χ0) is 18.8. The highest BCUT2D eigenvalue weighted by molar-refractivity contribution is 7.89. The zero-order valence-electron chi connectivity index (χ0n) is 15.4. The molecule has 2 aliphatic rings. The SMILES string of the molecule is CC1CCCCN1S(=O)(=O)c1ccc(C(=O)NC2(CN)CCCC2)cc1. The molecule has 1 unspecified atom stereocenters. The van der Waals surface area contributed by atoms with Crippen LogP contribution in [0.25, 0.3) is 0 Å². The predicted molar refractivity (Wildman–Crippen MR) is 101 cm³/mol. The molecule has 6 nitrogen and oxygen atoms in total. The van der Waals surface area contributed by atoms with Gasteiger partial charge in [0.2, 0.25) is 10.0 Å². The van der Waals surface area contributed by atoms with Crippen LogP contribution in [0.2, 0.25) is 0 Å². The monoisotopic (exact) mass is 379 g/mol. The number of nitrogens with zero attached hydrogens (tertiary/aromatic N) is 1. The van der Waals surface area contributed by atoms with Crippen molar-refractivity contribution in [2.45, 2.75) is 68.3 Å². The van der Waals surface area contributed by atoms with Crippen molar-refractivity contribution in [1.29, 1.82) is 0 Å². The minimum Gasteiger partial charge on any atom is -0.345 e. The molecule has 2 fully saturated rings. The summed E-state index contributed by atoms with van der Waals surface area (Å²) in [6.45, 7) is 2.94. The van der Waals surface area contributed by atoms with Gasteiger partial charge < -0.3 is 11.1 Å². The van der Waals surface area contributed by atoms with E-state index in [1.54, 1.807) is 16.4 Å². The van der Waals surface area contributed by atoms with E-state index in [0.29, 0.717) is 18.7 Å². The molecule has 26 heavy (non-hydrogen) atoms. The van der Waals surface area contributed by atoms with Gasteiger partial charge in [0.1, 0.15) is 0 Å². The first-order valence-corrected chi connectivity index (χ1v) is 11.0. The Hall–Kier alpha value is -1.44. The number of carbonyl (C=O) groups excluding carboxylic acids is 1. The summed E-state index contributed by atoms with van der Waals surface area (Å²) in [5.74, 6) is -0.187. The van der Waals surface area contributed by atoms with Crippen molar-refractivity contribution in [2.75, 3.05) is 13.1 Å². The Morgan fingerprint density at radius 2 is 1.85 bits per heavy atom. The summed E-state index contributed by atoms with van der Waals surface area (Å²) in [6.07, 6.45) is 6.79. The van der Waals surface area contributed by atoms with Crippen LogP contribution in [-0.2, 0) is 10.0 Å². The van der Waals surface area contributed by atoms with Crippen LogP contribution in [0.5, 0.6) is 0 Å². The van der Waals surface area contributed by atoms with Crippen molar-refractivity contribution in [2.24, 2.45) is 5.73 Å². The molecule has 3 rings (SSSR count). The number of nitrogens with one attached hydrogen (secondary N) is 1.